The Morgan fingerprint density at radius 3 is 2.78 bits per heavy atom. The summed E-state index contributed by atoms with van der Waals surface area (Å²) in [7, 11) is 0. The molecule has 1 aromatic carbocycles. The van der Waals surface area contributed by atoms with Gasteiger partial charge >= 0.3 is 0 Å². The monoisotopic (exact) mass is 251 g/mol. The van der Waals surface area contributed by atoms with E-state index in [1.165, 1.54) is 12.1 Å². The SMILES string of the molecule is Fc1ccccc1-c1noc(C(F)C2CNC2)n1. The van der Waals surface area contributed by atoms with Crippen molar-refractivity contribution < 1.29 is 13.3 Å². The van der Waals surface area contributed by atoms with Crippen LogP contribution in [0.15, 0.2) is 28.8 Å². The largest absolute Gasteiger partial charge is 0.336 e. The first-order chi connectivity index (χ1) is 8.75. The van der Waals surface area contributed by atoms with Crippen molar-refractivity contribution in [2.24, 2.45) is 5.92 Å². The molecule has 3 rings (SSSR count). The number of nitrogens with zero attached hydrogens (tertiary/aromatic N) is 2. The molecule has 2 aromatic rings. The molecule has 0 spiro atoms. The topological polar surface area (TPSA) is 51.0 Å². The van der Waals surface area contributed by atoms with Crippen LogP contribution in [0.5, 0.6) is 0 Å². The van der Waals surface area contributed by atoms with E-state index in [1.807, 2.05) is 0 Å². The van der Waals surface area contributed by atoms with Crippen molar-refractivity contribution in [2.45, 2.75) is 6.17 Å². The predicted molar refractivity (Wildman–Crippen MR) is 59.9 cm³/mol. The Labute approximate surface area is 102 Å². The maximum Gasteiger partial charge on any atom is 0.261 e. The summed E-state index contributed by atoms with van der Waals surface area (Å²) in [6.45, 7) is 1.19. The van der Waals surface area contributed by atoms with E-state index in [-0.39, 0.29) is 23.2 Å². The number of hydrogen-bond donors (Lipinski definition) is 1. The van der Waals surface area contributed by atoms with Crippen LogP contribution < -0.4 is 5.32 Å². The Bertz CT molecular complexity index is 554. The van der Waals surface area contributed by atoms with E-state index in [2.05, 4.69) is 15.5 Å². The lowest BCUT2D eigenvalue weighted by Gasteiger charge is -2.27. The van der Waals surface area contributed by atoms with Crippen LogP contribution in [0, 0.1) is 11.7 Å². The first-order valence-electron chi connectivity index (χ1n) is 5.69. The van der Waals surface area contributed by atoms with Crippen molar-refractivity contribution in [3.63, 3.8) is 0 Å². The van der Waals surface area contributed by atoms with Gasteiger partial charge in [0.25, 0.3) is 5.89 Å². The Morgan fingerprint density at radius 2 is 2.11 bits per heavy atom. The Morgan fingerprint density at radius 1 is 1.33 bits per heavy atom. The van der Waals surface area contributed by atoms with E-state index >= 15 is 0 Å². The number of halogens is 2. The number of hydrogen-bond acceptors (Lipinski definition) is 4. The zero-order valence-electron chi connectivity index (χ0n) is 9.44. The summed E-state index contributed by atoms with van der Waals surface area (Å²) in [6.07, 6.45) is -1.29. The molecule has 1 aliphatic heterocycles. The van der Waals surface area contributed by atoms with Gasteiger partial charge in [-0.25, -0.2) is 8.78 Å². The van der Waals surface area contributed by atoms with Gasteiger partial charge in [0.1, 0.15) is 5.82 Å². The highest BCUT2D eigenvalue weighted by molar-refractivity contribution is 5.54. The highest BCUT2D eigenvalue weighted by Gasteiger charge is 2.32. The number of benzene rings is 1. The molecule has 0 bridgehead atoms. The lowest BCUT2D eigenvalue weighted by atomic mass is 9.97. The summed E-state index contributed by atoms with van der Waals surface area (Å²) >= 11 is 0. The Hall–Kier alpha value is -1.82. The van der Waals surface area contributed by atoms with E-state index in [0.29, 0.717) is 13.1 Å². The number of rotatable bonds is 3. The van der Waals surface area contributed by atoms with Gasteiger partial charge in [-0.05, 0) is 12.1 Å². The van der Waals surface area contributed by atoms with Crippen LogP contribution in [-0.4, -0.2) is 23.2 Å². The second kappa shape index (κ2) is 4.45. The van der Waals surface area contributed by atoms with Gasteiger partial charge < -0.3 is 9.84 Å². The van der Waals surface area contributed by atoms with Crippen LogP contribution in [0.3, 0.4) is 0 Å². The van der Waals surface area contributed by atoms with Crippen molar-refractivity contribution in [2.75, 3.05) is 13.1 Å². The summed E-state index contributed by atoms with van der Waals surface area (Å²) in [4.78, 5) is 3.92. The minimum absolute atomic E-state index is 0.0815. The molecule has 1 aliphatic rings. The van der Waals surface area contributed by atoms with E-state index in [9.17, 15) is 8.78 Å². The average molecular weight is 251 g/mol. The molecule has 94 valence electrons. The van der Waals surface area contributed by atoms with Crippen molar-refractivity contribution in [3.8, 4) is 11.4 Å². The third kappa shape index (κ3) is 1.88. The van der Waals surface area contributed by atoms with Crippen molar-refractivity contribution in [3.05, 3.63) is 36.0 Å². The third-order valence-corrected chi connectivity index (χ3v) is 3.02. The lowest BCUT2D eigenvalue weighted by Crippen LogP contribution is -2.44. The first kappa shape index (κ1) is 11.3. The first-order valence-corrected chi connectivity index (χ1v) is 5.69. The molecule has 1 atom stereocenters. The van der Waals surface area contributed by atoms with Crippen LogP contribution >= 0.6 is 0 Å². The summed E-state index contributed by atoms with van der Waals surface area (Å²) in [5, 5.41) is 6.59. The molecule has 0 radical (unpaired) electrons. The zero-order chi connectivity index (χ0) is 12.5. The third-order valence-electron chi connectivity index (χ3n) is 3.02. The van der Waals surface area contributed by atoms with Crippen LogP contribution in [-0.2, 0) is 0 Å². The molecule has 1 N–H and O–H groups in total. The molecular formula is C12H11F2N3O. The minimum Gasteiger partial charge on any atom is -0.336 e. The molecule has 18 heavy (non-hydrogen) atoms. The average Bonchev–Trinajstić information content (AvgIpc) is 2.76. The van der Waals surface area contributed by atoms with Crippen molar-refractivity contribution in [1.29, 1.82) is 0 Å². The predicted octanol–water partition coefficient (Wildman–Crippen LogP) is 2.11. The fourth-order valence-corrected chi connectivity index (χ4v) is 1.82. The molecule has 6 heteroatoms. The standard InChI is InChI=1S/C12H11F2N3O/c13-9-4-2-1-3-8(9)11-16-12(18-17-11)10(14)7-5-15-6-7/h1-4,7,10,15H,5-6H2. The Balaban J connectivity index is 1.87. The number of alkyl halides is 1. The van der Waals surface area contributed by atoms with Gasteiger partial charge in [0.2, 0.25) is 5.82 Å². The van der Waals surface area contributed by atoms with E-state index in [4.69, 9.17) is 4.52 Å². The van der Waals surface area contributed by atoms with Crippen molar-refractivity contribution in [1.82, 2.24) is 15.5 Å². The molecule has 1 unspecified atom stereocenters. The van der Waals surface area contributed by atoms with Crippen molar-refractivity contribution >= 4 is 0 Å². The van der Waals surface area contributed by atoms with Gasteiger partial charge in [0.05, 0.1) is 5.56 Å². The smallest absolute Gasteiger partial charge is 0.261 e. The molecule has 1 saturated heterocycles. The normalized spacial score (nSPS) is 17.4. The molecule has 1 fully saturated rings. The van der Waals surface area contributed by atoms with Gasteiger partial charge in [-0.2, -0.15) is 4.98 Å². The summed E-state index contributed by atoms with van der Waals surface area (Å²) in [5.41, 5.74) is 0.214. The van der Waals surface area contributed by atoms with E-state index in [1.54, 1.807) is 12.1 Å². The van der Waals surface area contributed by atoms with Gasteiger partial charge in [-0.1, -0.05) is 17.3 Å². The molecule has 1 aromatic heterocycles. The maximum atomic E-state index is 13.9. The lowest BCUT2D eigenvalue weighted by molar-refractivity contribution is 0.133. The highest BCUT2D eigenvalue weighted by Crippen LogP contribution is 2.29. The van der Waals surface area contributed by atoms with Gasteiger partial charge in [0, 0.05) is 19.0 Å². The van der Waals surface area contributed by atoms with E-state index < -0.39 is 12.0 Å². The van der Waals surface area contributed by atoms with Crippen LogP contribution in [0.25, 0.3) is 11.4 Å². The highest BCUT2D eigenvalue weighted by atomic mass is 19.1. The molecule has 2 heterocycles. The maximum absolute atomic E-state index is 13.9. The molecule has 0 saturated carbocycles. The summed E-state index contributed by atoms with van der Waals surface area (Å²) in [5.74, 6) is -0.595. The summed E-state index contributed by atoms with van der Waals surface area (Å²) in [6, 6.07) is 6.06. The van der Waals surface area contributed by atoms with Crippen LogP contribution in [0.1, 0.15) is 12.1 Å². The Kier molecular flexibility index (Phi) is 2.79. The second-order valence-corrected chi connectivity index (χ2v) is 4.26. The summed E-state index contributed by atoms with van der Waals surface area (Å²) < 4.78 is 32.2. The number of nitrogens with one attached hydrogen (secondary N) is 1. The quantitative estimate of drug-likeness (QED) is 0.907. The number of aromatic nitrogens is 2. The molecule has 0 aliphatic carbocycles. The van der Waals surface area contributed by atoms with Gasteiger partial charge in [0.15, 0.2) is 6.17 Å². The van der Waals surface area contributed by atoms with Gasteiger partial charge in [-0.15, -0.1) is 0 Å². The molecular weight excluding hydrogens is 240 g/mol. The fourth-order valence-electron chi connectivity index (χ4n) is 1.82. The van der Waals surface area contributed by atoms with Gasteiger partial charge in [-0.3, -0.25) is 0 Å². The fraction of sp³-hybridized carbons (Fsp3) is 0.333. The second-order valence-electron chi connectivity index (χ2n) is 4.26. The molecule has 0 amide bonds. The molecule has 4 nitrogen and oxygen atoms in total. The van der Waals surface area contributed by atoms with Crippen LogP contribution in [0.4, 0.5) is 8.78 Å². The zero-order valence-corrected chi connectivity index (χ0v) is 9.44. The van der Waals surface area contributed by atoms with E-state index in [0.717, 1.165) is 0 Å². The minimum atomic E-state index is -1.29. The van der Waals surface area contributed by atoms with Crippen LogP contribution in [0.2, 0.25) is 0 Å².